The first-order valence-corrected chi connectivity index (χ1v) is 9.62. The van der Waals surface area contributed by atoms with Gasteiger partial charge in [-0.25, -0.2) is 8.78 Å². The lowest BCUT2D eigenvalue weighted by Gasteiger charge is -2.28. The molecule has 0 amide bonds. The largest absolute Gasteiger partial charge is 0.348 e. The molecular weight excluding hydrogens is 346 g/mol. The normalized spacial score (nSPS) is 20.3. The maximum Gasteiger partial charge on any atom is 0.183 e. The Balaban J connectivity index is 1.53. The van der Waals surface area contributed by atoms with E-state index in [1.165, 1.54) is 25.3 Å². The summed E-state index contributed by atoms with van der Waals surface area (Å²) in [4.78, 5) is 0. The van der Waals surface area contributed by atoms with Crippen molar-refractivity contribution in [1.29, 1.82) is 0 Å². The molecule has 0 aromatic heterocycles. The third kappa shape index (κ3) is 5.47. The van der Waals surface area contributed by atoms with E-state index < -0.39 is 11.6 Å². The molecule has 0 spiro atoms. The van der Waals surface area contributed by atoms with Crippen LogP contribution >= 0.6 is 0 Å². The topological polar surface area (TPSA) is 18.5 Å². The van der Waals surface area contributed by atoms with Gasteiger partial charge in [0.1, 0.15) is 0 Å². The summed E-state index contributed by atoms with van der Waals surface area (Å²) in [6.45, 7) is 3.48. The van der Waals surface area contributed by atoms with Crippen LogP contribution in [0, 0.1) is 17.6 Å². The predicted octanol–water partition coefficient (Wildman–Crippen LogP) is 6.43. The van der Waals surface area contributed by atoms with Gasteiger partial charge in [0.25, 0.3) is 0 Å². The van der Waals surface area contributed by atoms with Crippen LogP contribution in [0.1, 0.15) is 44.5 Å². The van der Waals surface area contributed by atoms with E-state index in [0.29, 0.717) is 24.7 Å². The highest BCUT2D eigenvalue weighted by molar-refractivity contribution is 5.63. The monoisotopic (exact) mass is 372 g/mol. The quantitative estimate of drug-likeness (QED) is 0.412. The maximum absolute atomic E-state index is 13.4. The second-order valence-electron chi connectivity index (χ2n) is 6.93. The van der Waals surface area contributed by atoms with Crippen LogP contribution in [0.15, 0.2) is 54.6 Å². The summed E-state index contributed by atoms with van der Waals surface area (Å²) in [5.41, 5.74) is 2.38. The summed E-state index contributed by atoms with van der Waals surface area (Å²) < 4.78 is 38.2. The first-order chi connectivity index (χ1) is 13.2. The Labute approximate surface area is 159 Å². The number of allylic oxidation sites excluding steroid dienone is 1. The molecule has 1 aliphatic heterocycles. The summed E-state index contributed by atoms with van der Waals surface area (Å²) in [5.74, 6) is -1.39. The second-order valence-corrected chi connectivity index (χ2v) is 6.93. The molecule has 1 aliphatic rings. The third-order valence-electron chi connectivity index (χ3n) is 4.74. The highest BCUT2D eigenvalue weighted by Crippen LogP contribution is 2.28. The molecule has 0 radical (unpaired) electrons. The van der Waals surface area contributed by atoms with Gasteiger partial charge >= 0.3 is 0 Å². The van der Waals surface area contributed by atoms with Crippen molar-refractivity contribution in [2.45, 2.75) is 38.9 Å². The molecule has 0 atom stereocenters. The van der Waals surface area contributed by atoms with Crippen LogP contribution in [0.3, 0.4) is 0 Å². The van der Waals surface area contributed by atoms with Crippen molar-refractivity contribution < 1.29 is 18.3 Å². The van der Waals surface area contributed by atoms with Crippen molar-refractivity contribution in [3.63, 3.8) is 0 Å². The minimum absolute atomic E-state index is 0.296. The molecule has 144 valence electrons. The Morgan fingerprint density at radius 1 is 0.926 bits per heavy atom. The van der Waals surface area contributed by atoms with Crippen LogP contribution in [-0.4, -0.2) is 13.2 Å². The molecule has 2 nitrogen and oxygen atoms in total. The summed E-state index contributed by atoms with van der Waals surface area (Å²) in [5, 5.41) is 0. The molecule has 1 saturated heterocycles. The Morgan fingerprint density at radius 2 is 1.63 bits per heavy atom. The molecule has 27 heavy (non-hydrogen) atoms. The molecule has 0 saturated carbocycles. The summed E-state index contributed by atoms with van der Waals surface area (Å²) >= 11 is 0. The molecule has 2 aromatic rings. The zero-order chi connectivity index (χ0) is 19.1. The molecule has 2 aromatic carbocycles. The zero-order valence-corrected chi connectivity index (χ0v) is 15.7. The fourth-order valence-corrected chi connectivity index (χ4v) is 3.13. The molecule has 1 heterocycles. The molecule has 4 heteroatoms. The molecule has 0 aliphatic carbocycles. The van der Waals surface area contributed by atoms with Gasteiger partial charge in [0, 0.05) is 11.5 Å². The van der Waals surface area contributed by atoms with Gasteiger partial charge in [-0.1, -0.05) is 62.2 Å². The number of rotatable bonds is 7. The molecule has 3 rings (SSSR count). The van der Waals surface area contributed by atoms with Crippen LogP contribution in [-0.2, 0) is 9.47 Å². The lowest BCUT2D eigenvalue weighted by atomic mass is 10.0. The van der Waals surface area contributed by atoms with Crippen LogP contribution in [0.25, 0.3) is 11.1 Å². The predicted molar refractivity (Wildman–Crippen MR) is 103 cm³/mol. The van der Waals surface area contributed by atoms with Gasteiger partial charge < -0.3 is 9.47 Å². The Bertz CT molecular complexity index is 747. The zero-order valence-electron chi connectivity index (χ0n) is 15.7. The van der Waals surface area contributed by atoms with Crippen LogP contribution in [0.4, 0.5) is 8.78 Å². The van der Waals surface area contributed by atoms with Crippen molar-refractivity contribution in [2.24, 2.45) is 5.92 Å². The first kappa shape index (κ1) is 19.7. The fraction of sp³-hybridized carbons (Fsp3) is 0.391. The second kappa shape index (κ2) is 9.77. The van der Waals surface area contributed by atoms with Crippen LogP contribution in [0.2, 0.25) is 0 Å². The summed E-state index contributed by atoms with van der Waals surface area (Å²) in [7, 11) is 0. The Kier molecular flexibility index (Phi) is 7.13. The highest BCUT2D eigenvalue weighted by atomic mass is 19.2. The van der Waals surface area contributed by atoms with E-state index in [4.69, 9.17) is 9.47 Å². The number of unbranched alkanes of at least 4 members (excludes halogenated alkanes) is 3. The third-order valence-corrected chi connectivity index (χ3v) is 4.74. The van der Waals surface area contributed by atoms with E-state index in [1.54, 1.807) is 6.07 Å². The number of hydrogen-bond donors (Lipinski definition) is 0. The fourth-order valence-electron chi connectivity index (χ4n) is 3.13. The van der Waals surface area contributed by atoms with Gasteiger partial charge in [0.2, 0.25) is 0 Å². The molecule has 0 N–H and O–H groups in total. The average Bonchev–Trinajstić information content (AvgIpc) is 2.71. The van der Waals surface area contributed by atoms with Gasteiger partial charge in [0.05, 0.1) is 13.2 Å². The maximum atomic E-state index is 13.4. The Hall–Kier alpha value is -2.04. The van der Waals surface area contributed by atoms with E-state index in [1.807, 2.05) is 24.3 Å². The van der Waals surface area contributed by atoms with E-state index in [9.17, 15) is 8.78 Å². The van der Waals surface area contributed by atoms with Gasteiger partial charge in [0.15, 0.2) is 17.9 Å². The molecule has 0 bridgehead atoms. The SMILES string of the molecule is CCCCC/C=C/[C@H]1CO[C@H](c2ccc(-c3ccc(F)c(F)c3)cc2)OC1. The number of halogens is 2. The van der Waals surface area contributed by atoms with Crippen molar-refractivity contribution >= 4 is 0 Å². The summed E-state index contributed by atoms with van der Waals surface area (Å²) in [6.07, 6.45) is 8.88. The lowest BCUT2D eigenvalue weighted by molar-refractivity contribution is -0.197. The van der Waals surface area contributed by atoms with Crippen LogP contribution < -0.4 is 0 Å². The van der Waals surface area contributed by atoms with Crippen molar-refractivity contribution in [3.05, 3.63) is 71.8 Å². The average molecular weight is 372 g/mol. The van der Waals surface area contributed by atoms with Crippen molar-refractivity contribution in [2.75, 3.05) is 13.2 Å². The Morgan fingerprint density at radius 3 is 2.30 bits per heavy atom. The number of benzene rings is 2. The van der Waals surface area contributed by atoms with Gasteiger partial charge in [-0.3, -0.25) is 0 Å². The molecule has 0 unspecified atom stereocenters. The van der Waals surface area contributed by atoms with Gasteiger partial charge in [-0.05, 0) is 36.1 Å². The van der Waals surface area contributed by atoms with Crippen molar-refractivity contribution in [3.8, 4) is 11.1 Å². The van der Waals surface area contributed by atoms with Crippen molar-refractivity contribution in [1.82, 2.24) is 0 Å². The smallest absolute Gasteiger partial charge is 0.183 e. The van der Waals surface area contributed by atoms with E-state index >= 15 is 0 Å². The van der Waals surface area contributed by atoms with Gasteiger partial charge in [-0.2, -0.15) is 0 Å². The minimum Gasteiger partial charge on any atom is -0.348 e. The standard InChI is InChI=1S/C23H26F2O2/c1-2-3-4-5-6-7-17-15-26-23(27-16-17)19-10-8-18(9-11-19)20-12-13-21(24)22(25)14-20/h6-14,17,23H,2-5,15-16H2,1H3/b7-6+/t17-,23-. The number of ether oxygens (including phenoxy) is 2. The van der Waals surface area contributed by atoms with Gasteiger partial charge in [-0.15, -0.1) is 0 Å². The molecular formula is C23H26F2O2. The molecule has 1 fully saturated rings. The number of hydrogen-bond acceptors (Lipinski definition) is 2. The van der Waals surface area contributed by atoms with E-state index in [2.05, 4.69) is 19.1 Å². The van der Waals surface area contributed by atoms with Crippen LogP contribution in [0.5, 0.6) is 0 Å². The lowest BCUT2D eigenvalue weighted by Crippen LogP contribution is -2.25. The van der Waals surface area contributed by atoms with E-state index in [-0.39, 0.29) is 6.29 Å². The highest BCUT2D eigenvalue weighted by Gasteiger charge is 2.22. The summed E-state index contributed by atoms with van der Waals surface area (Å²) in [6, 6.07) is 11.5. The first-order valence-electron chi connectivity index (χ1n) is 9.62. The van der Waals surface area contributed by atoms with E-state index in [0.717, 1.165) is 23.6 Å². The minimum atomic E-state index is -0.843.